The summed E-state index contributed by atoms with van der Waals surface area (Å²) in [5, 5.41) is 22.8. The van der Waals surface area contributed by atoms with E-state index in [9.17, 15) is 5.26 Å². The number of pyridine rings is 1. The number of nitrogens with zero attached hydrogens (tertiary/aromatic N) is 4. The molecule has 0 atom stereocenters. The van der Waals surface area contributed by atoms with Crippen LogP contribution in [-0.4, -0.2) is 13.8 Å². The molecule has 0 N–H and O–H groups in total. The summed E-state index contributed by atoms with van der Waals surface area (Å²) >= 11 is 0. The Balaban J connectivity index is 1.11. The lowest BCUT2D eigenvalue weighted by molar-refractivity contribution is 0.265. The minimum atomic E-state index is 0.147. The van der Waals surface area contributed by atoms with Crippen molar-refractivity contribution in [3.8, 4) is 6.07 Å². The fourth-order valence-electron chi connectivity index (χ4n) is 18.0. The third-order valence-corrected chi connectivity index (χ3v) is 20.4. The fraction of sp³-hybridized carbons (Fsp3) is 0.531. The van der Waals surface area contributed by atoms with E-state index >= 15 is 0 Å². The summed E-state index contributed by atoms with van der Waals surface area (Å²) in [5.41, 5.74) is 19.3. The van der Waals surface area contributed by atoms with Gasteiger partial charge in [-0.15, -0.1) is 0 Å². The van der Waals surface area contributed by atoms with Crippen LogP contribution in [0.4, 0.5) is 0 Å². The number of fused-ring (bicyclic) bond motifs is 20. The van der Waals surface area contributed by atoms with E-state index in [0.717, 1.165) is 18.4 Å². The molecule has 0 unspecified atom stereocenters. The highest BCUT2D eigenvalue weighted by atomic mass is 15.0. The van der Waals surface area contributed by atoms with Gasteiger partial charge in [-0.25, -0.2) is 0 Å². The van der Waals surface area contributed by atoms with Gasteiger partial charge in [-0.3, -0.25) is 4.98 Å². The molecule has 4 fully saturated rings. The molecule has 6 aliphatic rings. The van der Waals surface area contributed by atoms with E-state index in [1.54, 1.807) is 16.5 Å². The van der Waals surface area contributed by atoms with Gasteiger partial charge >= 0.3 is 0 Å². The highest BCUT2D eigenvalue weighted by molar-refractivity contribution is 6.30. The lowest BCUT2D eigenvalue weighted by Crippen LogP contribution is -2.39. The van der Waals surface area contributed by atoms with Crippen LogP contribution >= 0.6 is 0 Å². The molecule has 0 amide bonds. The molecule has 346 valence electrons. The summed E-state index contributed by atoms with van der Waals surface area (Å²) < 4.78 is 5.36. The van der Waals surface area contributed by atoms with Crippen LogP contribution in [-0.2, 0) is 34.5 Å². The van der Waals surface area contributed by atoms with Crippen LogP contribution < -0.4 is 0 Å². The number of nitriles is 1. The Morgan fingerprint density at radius 3 is 1.35 bits per heavy atom. The number of benzene rings is 4. The Labute approximate surface area is 402 Å². The number of hydrogen-bond acceptors (Lipinski definition) is 2. The standard InChI is InChI=1S/C64H70N4/c1-59(2,3)34-38-27-43-41-33-48-42(32-47(41)67-49-31-40(36-65)53-54(51(49)45(29-38)56(43)67)62(17-9-10-18-62)24-23-61(53)15-7-8-16-61)44-28-39(35-60(4,5)6)30-46-52-50(68(48)57(44)46)37-66-58-55(52)63(19-11-12-20-63)25-26-64(58)21-13-14-22-64/h27-33,37H,7-26,34-35H2,1-6H3. The van der Waals surface area contributed by atoms with E-state index in [-0.39, 0.29) is 32.5 Å². The summed E-state index contributed by atoms with van der Waals surface area (Å²) in [7, 11) is 0. The fourth-order valence-corrected chi connectivity index (χ4v) is 18.0. The summed E-state index contributed by atoms with van der Waals surface area (Å²) in [6.07, 6.45) is 30.4. The van der Waals surface area contributed by atoms with E-state index in [2.05, 4.69) is 105 Å². The summed E-state index contributed by atoms with van der Waals surface area (Å²) in [6.45, 7) is 14.5. The van der Waals surface area contributed by atoms with Crippen LogP contribution in [0.5, 0.6) is 0 Å². The first kappa shape index (κ1) is 41.0. The molecule has 4 heteroatoms. The van der Waals surface area contributed by atoms with Crippen molar-refractivity contribution < 1.29 is 0 Å². The molecular weight excluding hydrogens is 825 g/mol. The molecule has 6 aliphatic carbocycles. The largest absolute Gasteiger partial charge is 0.308 e. The average Bonchev–Trinajstić information content (AvgIpc) is 4.17. The first-order chi connectivity index (χ1) is 32.7. The van der Waals surface area contributed by atoms with Gasteiger partial charge < -0.3 is 8.80 Å². The molecule has 0 saturated heterocycles. The average molecular weight is 895 g/mol. The SMILES string of the molecule is CC(C)(C)Cc1cc2c3cc4c(cc3n3c5cnc6c(c5c(c1)c23)C1(CCCC1)CCC61CCCC1)c1cc(CC(C)(C)C)cc2c3c5c(c(C#N)cc3n4c12)C1(CCCC1)CCC51CCCC1. The van der Waals surface area contributed by atoms with Crippen LogP contribution in [0, 0.1) is 22.2 Å². The van der Waals surface area contributed by atoms with Crippen LogP contribution in [0.25, 0.3) is 76.2 Å². The maximum absolute atomic E-state index is 11.4. The zero-order valence-corrected chi connectivity index (χ0v) is 42.0. The van der Waals surface area contributed by atoms with Crippen molar-refractivity contribution >= 4 is 76.2 Å². The van der Waals surface area contributed by atoms with Gasteiger partial charge in [-0.05, 0) is 187 Å². The molecular formula is C64H70N4. The first-order valence-electron chi connectivity index (χ1n) is 27.5. The van der Waals surface area contributed by atoms with Crippen LogP contribution in [0.2, 0.25) is 0 Å². The maximum Gasteiger partial charge on any atom is 0.0995 e. The monoisotopic (exact) mass is 895 g/mol. The molecule has 15 rings (SSSR count). The second kappa shape index (κ2) is 13.3. The van der Waals surface area contributed by atoms with Crippen molar-refractivity contribution in [2.24, 2.45) is 10.8 Å². The van der Waals surface area contributed by atoms with Crippen molar-refractivity contribution in [2.45, 2.75) is 204 Å². The Hall–Kier alpha value is -4.88. The van der Waals surface area contributed by atoms with E-state index in [1.807, 2.05) is 0 Å². The predicted molar refractivity (Wildman–Crippen MR) is 284 cm³/mol. The smallest absolute Gasteiger partial charge is 0.0995 e. The molecule has 0 bridgehead atoms. The lowest BCUT2D eigenvalue weighted by Gasteiger charge is -2.46. The molecule has 4 spiro atoms. The van der Waals surface area contributed by atoms with E-state index in [1.165, 1.54) is 222 Å². The van der Waals surface area contributed by atoms with Gasteiger partial charge in [0.2, 0.25) is 0 Å². The summed E-state index contributed by atoms with van der Waals surface area (Å²) in [5.74, 6) is 0. The molecule has 9 aromatic rings. The van der Waals surface area contributed by atoms with E-state index in [0.29, 0.717) is 0 Å². The summed E-state index contributed by atoms with van der Waals surface area (Å²) in [6, 6.07) is 21.0. The highest BCUT2D eigenvalue weighted by Gasteiger charge is 2.53. The number of rotatable bonds is 2. The van der Waals surface area contributed by atoms with Gasteiger partial charge in [0.1, 0.15) is 0 Å². The topological polar surface area (TPSA) is 45.5 Å². The Kier molecular flexibility index (Phi) is 8.01. The normalized spacial score (nSPS) is 22.0. The lowest BCUT2D eigenvalue weighted by atomic mass is 9.57. The van der Waals surface area contributed by atoms with Gasteiger partial charge in [0, 0.05) is 48.5 Å². The third kappa shape index (κ3) is 5.20. The van der Waals surface area contributed by atoms with E-state index < -0.39 is 0 Å². The van der Waals surface area contributed by atoms with Crippen molar-refractivity contribution in [3.63, 3.8) is 0 Å². The van der Waals surface area contributed by atoms with Gasteiger partial charge in [0.05, 0.1) is 56.6 Å². The zero-order chi connectivity index (χ0) is 45.9. The Morgan fingerprint density at radius 2 is 0.868 bits per heavy atom. The highest BCUT2D eigenvalue weighted by Crippen LogP contribution is 2.63. The van der Waals surface area contributed by atoms with Crippen molar-refractivity contribution in [1.29, 1.82) is 5.26 Å². The first-order valence-corrected chi connectivity index (χ1v) is 27.5. The van der Waals surface area contributed by atoms with Crippen molar-refractivity contribution in [3.05, 3.63) is 87.7 Å². The molecule has 68 heavy (non-hydrogen) atoms. The van der Waals surface area contributed by atoms with Gasteiger partial charge in [0.25, 0.3) is 0 Å². The third-order valence-electron chi connectivity index (χ3n) is 20.4. The van der Waals surface area contributed by atoms with Crippen molar-refractivity contribution in [1.82, 2.24) is 13.8 Å². The number of aromatic nitrogens is 3. The Bertz CT molecular complexity index is 3670. The maximum atomic E-state index is 11.4. The predicted octanol–water partition coefficient (Wildman–Crippen LogP) is 17.3. The molecule has 0 aliphatic heterocycles. The minimum absolute atomic E-state index is 0.147. The molecule has 0 radical (unpaired) electrons. The van der Waals surface area contributed by atoms with Gasteiger partial charge in [-0.1, -0.05) is 92.9 Å². The Morgan fingerprint density at radius 1 is 0.456 bits per heavy atom. The van der Waals surface area contributed by atoms with E-state index in [4.69, 9.17) is 4.98 Å². The molecule has 4 nitrogen and oxygen atoms in total. The quantitative estimate of drug-likeness (QED) is 0.174. The van der Waals surface area contributed by atoms with Gasteiger partial charge in [0.15, 0.2) is 0 Å². The van der Waals surface area contributed by atoms with Crippen LogP contribution in [0.1, 0.15) is 209 Å². The second-order valence-electron chi connectivity index (χ2n) is 27.0. The molecule has 5 aromatic heterocycles. The van der Waals surface area contributed by atoms with Crippen LogP contribution in [0.15, 0.2) is 48.7 Å². The van der Waals surface area contributed by atoms with Gasteiger partial charge in [-0.2, -0.15) is 5.26 Å². The number of hydrogen-bond donors (Lipinski definition) is 0. The summed E-state index contributed by atoms with van der Waals surface area (Å²) in [4.78, 5) is 5.75. The molecule has 4 saturated carbocycles. The zero-order valence-electron chi connectivity index (χ0n) is 42.0. The molecule has 5 heterocycles. The second-order valence-corrected chi connectivity index (χ2v) is 27.0. The minimum Gasteiger partial charge on any atom is -0.308 e. The van der Waals surface area contributed by atoms with Crippen molar-refractivity contribution in [2.75, 3.05) is 0 Å². The molecule has 4 aromatic carbocycles. The van der Waals surface area contributed by atoms with Crippen LogP contribution in [0.3, 0.4) is 0 Å².